The van der Waals surface area contributed by atoms with Crippen molar-refractivity contribution in [2.75, 3.05) is 0 Å². The van der Waals surface area contributed by atoms with Gasteiger partial charge in [-0.15, -0.1) is 0 Å². The zero-order valence-electron chi connectivity index (χ0n) is 14.5. The first-order chi connectivity index (χ1) is 10.4. The number of hydrogen-bond donors (Lipinski definition) is 2. The average molecular weight is 337 g/mol. The van der Waals surface area contributed by atoms with Gasteiger partial charge in [0.05, 0.1) is 11.4 Å². The van der Waals surface area contributed by atoms with Gasteiger partial charge in [-0.05, 0) is 25.7 Å². The molecule has 2 unspecified atom stereocenters. The minimum Gasteiger partial charge on any atom is -0.393 e. The summed E-state index contributed by atoms with van der Waals surface area (Å²) in [6, 6.07) is 0. The zero-order valence-corrected chi connectivity index (χ0v) is 15.3. The van der Waals surface area contributed by atoms with Crippen LogP contribution in [-0.2, 0) is 10.1 Å². The number of unbranched alkanes of at least 4 members (excludes halogenated alkanes) is 7. The smallest absolute Gasteiger partial charge is 0.267 e. The fourth-order valence-electron chi connectivity index (χ4n) is 2.80. The number of rotatable bonds is 15. The molecular weight excluding hydrogens is 300 g/mol. The van der Waals surface area contributed by atoms with Gasteiger partial charge in [0, 0.05) is 0 Å². The SMILES string of the molecule is CCCCCCCCC(O)CCCCCC(CC)S(=O)(=O)O. The number of aliphatic hydroxyl groups is 1. The van der Waals surface area contributed by atoms with E-state index in [-0.39, 0.29) is 6.10 Å². The molecule has 0 aromatic rings. The van der Waals surface area contributed by atoms with Crippen LogP contribution in [0.1, 0.15) is 97.3 Å². The van der Waals surface area contributed by atoms with Gasteiger partial charge < -0.3 is 5.11 Å². The maximum Gasteiger partial charge on any atom is 0.267 e. The van der Waals surface area contributed by atoms with Gasteiger partial charge in [0.25, 0.3) is 10.1 Å². The third-order valence-corrected chi connectivity index (χ3v) is 5.74. The lowest BCUT2D eigenvalue weighted by Gasteiger charge is -2.12. The molecule has 0 rings (SSSR count). The van der Waals surface area contributed by atoms with E-state index in [1.807, 2.05) is 0 Å². The molecule has 134 valence electrons. The van der Waals surface area contributed by atoms with E-state index in [2.05, 4.69) is 6.92 Å². The van der Waals surface area contributed by atoms with Crippen LogP contribution in [0.5, 0.6) is 0 Å². The molecule has 5 heteroatoms. The third kappa shape index (κ3) is 12.4. The van der Waals surface area contributed by atoms with Crippen molar-refractivity contribution in [2.45, 2.75) is 109 Å². The van der Waals surface area contributed by atoms with Crippen LogP contribution in [0.4, 0.5) is 0 Å². The molecule has 0 saturated carbocycles. The minimum atomic E-state index is -3.89. The molecule has 2 N–H and O–H groups in total. The zero-order chi connectivity index (χ0) is 16.8. The summed E-state index contributed by atoms with van der Waals surface area (Å²) < 4.78 is 31.2. The lowest BCUT2D eigenvalue weighted by atomic mass is 10.0. The van der Waals surface area contributed by atoms with Crippen molar-refractivity contribution in [2.24, 2.45) is 0 Å². The van der Waals surface area contributed by atoms with E-state index < -0.39 is 15.4 Å². The van der Waals surface area contributed by atoms with Gasteiger partial charge >= 0.3 is 0 Å². The molecular formula is C17H36O4S. The molecule has 0 aliphatic heterocycles. The predicted molar refractivity (Wildman–Crippen MR) is 92.7 cm³/mol. The van der Waals surface area contributed by atoms with Crippen molar-refractivity contribution in [1.82, 2.24) is 0 Å². The van der Waals surface area contributed by atoms with E-state index in [0.29, 0.717) is 12.8 Å². The molecule has 0 amide bonds. The highest BCUT2D eigenvalue weighted by atomic mass is 32.2. The van der Waals surface area contributed by atoms with E-state index in [4.69, 9.17) is 4.55 Å². The molecule has 2 atom stereocenters. The Morgan fingerprint density at radius 2 is 1.23 bits per heavy atom. The summed E-state index contributed by atoms with van der Waals surface area (Å²) in [7, 11) is -3.89. The summed E-state index contributed by atoms with van der Waals surface area (Å²) in [4.78, 5) is 0. The molecule has 0 aromatic carbocycles. The molecule has 0 bridgehead atoms. The first-order valence-corrected chi connectivity index (χ1v) is 10.6. The Labute approximate surface area is 137 Å². The van der Waals surface area contributed by atoms with Gasteiger partial charge in [0.15, 0.2) is 0 Å². The van der Waals surface area contributed by atoms with Crippen LogP contribution in [0, 0.1) is 0 Å². The largest absolute Gasteiger partial charge is 0.393 e. The van der Waals surface area contributed by atoms with Gasteiger partial charge in [0.1, 0.15) is 0 Å². The number of hydrogen-bond acceptors (Lipinski definition) is 3. The van der Waals surface area contributed by atoms with Crippen molar-refractivity contribution >= 4 is 10.1 Å². The Morgan fingerprint density at radius 3 is 1.73 bits per heavy atom. The lowest BCUT2D eigenvalue weighted by Crippen LogP contribution is -2.19. The van der Waals surface area contributed by atoms with E-state index in [1.165, 1.54) is 32.1 Å². The van der Waals surface area contributed by atoms with Crippen molar-refractivity contribution in [3.63, 3.8) is 0 Å². The molecule has 0 aromatic heterocycles. The first kappa shape index (κ1) is 21.9. The Bertz CT molecular complexity index is 341. The molecule has 0 saturated heterocycles. The second-order valence-electron chi connectivity index (χ2n) is 6.39. The number of aliphatic hydroxyl groups excluding tert-OH is 1. The quantitative estimate of drug-likeness (QED) is 0.335. The Morgan fingerprint density at radius 1 is 0.773 bits per heavy atom. The molecule has 0 aliphatic carbocycles. The third-order valence-electron chi connectivity index (χ3n) is 4.33. The summed E-state index contributed by atoms with van der Waals surface area (Å²) in [5.74, 6) is 0. The molecule has 0 aliphatic rings. The molecule has 0 spiro atoms. The Kier molecular flexibility index (Phi) is 13.2. The normalized spacial score (nSPS) is 14.9. The van der Waals surface area contributed by atoms with Gasteiger partial charge in [0.2, 0.25) is 0 Å². The average Bonchev–Trinajstić information content (AvgIpc) is 2.45. The predicted octanol–water partition coefficient (Wildman–Crippen LogP) is 4.71. The first-order valence-electron chi connectivity index (χ1n) is 9.06. The van der Waals surface area contributed by atoms with E-state index >= 15 is 0 Å². The maximum atomic E-state index is 11.1. The van der Waals surface area contributed by atoms with Crippen LogP contribution in [0.2, 0.25) is 0 Å². The molecule has 0 heterocycles. The van der Waals surface area contributed by atoms with Crippen LogP contribution in [-0.4, -0.2) is 29.4 Å². The topological polar surface area (TPSA) is 74.6 Å². The monoisotopic (exact) mass is 336 g/mol. The maximum absolute atomic E-state index is 11.1. The standard InChI is InChI=1S/C17H36O4S/c1-3-5-6-7-8-10-13-16(18)14-11-9-12-15-17(4-2)22(19,20)21/h16-18H,3-15H2,1-2H3,(H,19,20,21). The van der Waals surface area contributed by atoms with Crippen LogP contribution < -0.4 is 0 Å². The van der Waals surface area contributed by atoms with Gasteiger partial charge in [-0.1, -0.05) is 71.6 Å². The van der Waals surface area contributed by atoms with Gasteiger partial charge in [-0.2, -0.15) is 8.42 Å². The highest BCUT2D eigenvalue weighted by Crippen LogP contribution is 2.16. The summed E-state index contributed by atoms with van der Waals surface area (Å²) >= 11 is 0. The van der Waals surface area contributed by atoms with Gasteiger partial charge in [-0.25, -0.2) is 0 Å². The highest BCUT2D eigenvalue weighted by molar-refractivity contribution is 7.86. The minimum absolute atomic E-state index is 0.213. The summed E-state index contributed by atoms with van der Waals surface area (Å²) in [5.41, 5.74) is 0. The van der Waals surface area contributed by atoms with E-state index in [0.717, 1.165) is 38.5 Å². The highest BCUT2D eigenvalue weighted by Gasteiger charge is 2.19. The van der Waals surface area contributed by atoms with E-state index in [1.54, 1.807) is 6.92 Å². The molecule has 4 nitrogen and oxygen atoms in total. The lowest BCUT2D eigenvalue weighted by molar-refractivity contribution is 0.147. The summed E-state index contributed by atoms with van der Waals surface area (Å²) in [5, 5.41) is 9.28. The van der Waals surface area contributed by atoms with Crippen molar-refractivity contribution in [3.8, 4) is 0 Å². The van der Waals surface area contributed by atoms with Crippen LogP contribution in [0.3, 0.4) is 0 Å². The van der Waals surface area contributed by atoms with Crippen LogP contribution in [0.15, 0.2) is 0 Å². The second-order valence-corrected chi connectivity index (χ2v) is 8.09. The summed E-state index contributed by atoms with van der Waals surface area (Å²) in [6.45, 7) is 3.99. The van der Waals surface area contributed by atoms with Gasteiger partial charge in [-0.3, -0.25) is 4.55 Å². The summed E-state index contributed by atoms with van der Waals surface area (Å²) in [6.07, 6.45) is 12.6. The Balaban J connectivity index is 3.50. The van der Waals surface area contributed by atoms with Crippen molar-refractivity contribution < 1.29 is 18.1 Å². The fraction of sp³-hybridized carbons (Fsp3) is 1.00. The second kappa shape index (κ2) is 13.3. The molecule has 0 radical (unpaired) electrons. The van der Waals surface area contributed by atoms with Crippen molar-refractivity contribution in [1.29, 1.82) is 0 Å². The van der Waals surface area contributed by atoms with Crippen molar-refractivity contribution in [3.05, 3.63) is 0 Å². The Hall–Kier alpha value is -0.130. The van der Waals surface area contributed by atoms with Crippen LogP contribution in [0.25, 0.3) is 0 Å². The molecule has 0 fully saturated rings. The van der Waals surface area contributed by atoms with Crippen LogP contribution >= 0.6 is 0 Å². The molecule has 22 heavy (non-hydrogen) atoms. The van der Waals surface area contributed by atoms with E-state index in [9.17, 15) is 13.5 Å². The fourth-order valence-corrected chi connectivity index (χ4v) is 3.68.